The number of piperazine rings is 1. The summed E-state index contributed by atoms with van der Waals surface area (Å²) in [6, 6.07) is 10.7. The average molecular weight is 478 g/mol. The van der Waals surface area contributed by atoms with Crippen molar-refractivity contribution in [2.24, 2.45) is 0 Å². The first-order valence-electron chi connectivity index (χ1n) is 10.7. The van der Waals surface area contributed by atoms with E-state index in [-0.39, 0.29) is 18.1 Å². The van der Waals surface area contributed by atoms with Gasteiger partial charge in [-0.25, -0.2) is 0 Å². The minimum atomic E-state index is -0.714. The largest absolute Gasteiger partial charge is 0.362 e. The van der Waals surface area contributed by atoms with Crippen molar-refractivity contribution in [2.45, 2.75) is 6.54 Å². The lowest BCUT2D eigenvalue weighted by Crippen LogP contribution is -2.49. The molecule has 1 fully saturated rings. The zero-order valence-electron chi connectivity index (χ0n) is 18.3. The SMILES string of the molecule is C=C/C(=C\C=N)Cn1c(=O)c([N+](=O)[O-])c(N2CCN(C(=O)c3cccs3)CC2)c2ccccc21. The molecule has 1 N–H and O–H groups in total. The smallest absolute Gasteiger partial charge is 0.357 e. The van der Waals surface area contributed by atoms with Crippen LogP contribution in [0.4, 0.5) is 11.4 Å². The normalized spacial score (nSPS) is 14.3. The van der Waals surface area contributed by atoms with Crippen LogP contribution in [0.3, 0.4) is 0 Å². The summed E-state index contributed by atoms with van der Waals surface area (Å²) in [6.45, 7) is 5.31. The van der Waals surface area contributed by atoms with E-state index in [0.29, 0.717) is 47.5 Å². The van der Waals surface area contributed by atoms with Crippen molar-refractivity contribution >= 4 is 45.7 Å². The molecule has 10 heteroatoms. The van der Waals surface area contributed by atoms with Crippen molar-refractivity contribution in [1.29, 1.82) is 5.41 Å². The molecule has 9 nitrogen and oxygen atoms in total. The average Bonchev–Trinajstić information content (AvgIpc) is 3.39. The van der Waals surface area contributed by atoms with Gasteiger partial charge in [0.1, 0.15) is 5.69 Å². The molecule has 0 radical (unpaired) electrons. The van der Waals surface area contributed by atoms with E-state index in [9.17, 15) is 19.7 Å². The van der Waals surface area contributed by atoms with Crippen LogP contribution >= 0.6 is 11.3 Å². The first kappa shape index (κ1) is 23.1. The van der Waals surface area contributed by atoms with Crippen molar-refractivity contribution in [3.63, 3.8) is 0 Å². The molecule has 3 heterocycles. The van der Waals surface area contributed by atoms with Crippen molar-refractivity contribution in [2.75, 3.05) is 31.1 Å². The van der Waals surface area contributed by atoms with E-state index in [4.69, 9.17) is 5.41 Å². The lowest BCUT2D eigenvalue weighted by atomic mass is 10.1. The van der Waals surface area contributed by atoms with Gasteiger partial charge in [-0.15, -0.1) is 11.3 Å². The second-order valence-electron chi connectivity index (χ2n) is 7.73. The molecule has 0 saturated carbocycles. The third-order valence-corrected chi connectivity index (χ3v) is 6.68. The van der Waals surface area contributed by atoms with Gasteiger partial charge < -0.3 is 15.2 Å². The minimum Gasteiger partial charge on any atom is -0.362 e. The van der Waals surface area contributed by atoms with Gasteiger partial charge in [-0.3, -0.25) is 24.3 Å². The first-order chi connectivity index (χ1) is 16.5. The summed E-state index contributed by atoms with van der Waals surface area (Å²) < 4.78 is 1.35. The van der Waals surface area contributed by atoms with Crippen molar-refractivity contribution < 1.29 is 9.72 Å². The van der Waals surface area contributed by atoms with Crippen molar-refractivity contribution in [1.82, 2.24) is 9.47 Å². The number of carbonyl (C=O) groups excluding carboxylic acids is 1. The molecule has 174 valence electrons. The number of nitrogens with one attached hydrogen (secondary N) is 1. The zero-order chi connectivity index (χ0) is 24.2. The monoisotopic (exact) mass is 477 g/mol. The quantitative estimate of drug-likeness (QED) is 0.241. The summed E-state index contributed by atoms with van der Waals surface area (Å²) in [5.74, 6) is -0.0561. The molecule has 1 amide bonds. The maximum Gasteiger partial charge on any atom is 0.357 e. The number of allylic oxidation sites excluding steroid dienone is 3. The number of amides is 1. The van der Waals surface area contributed by atoms with E-state index >= 15 is 0 Å². The lowest BCUT2D eigenvalue weighted by molar-refractivity contribution is -0.385. The van der Waals surface area contributed by atoms with Crippen LogP contribution in [-0.4, -0.2) is 52.7 Å². The van der Waals surface area contributed by atoms with Gasteiger partial charge in [0, 0.05) is 37.8 Å². The molecule has 0 aliphatic carbocycles. The van der Waals surface area contributed by atoms with Gasteiger partial charge in [0.05, 0.1) is 21.9 Å². The van der Waals surface area contributed by atoms with Gasteiger partial charge in [-0.05, 0) is 29.2 Å². The number of rotatable bonds is 7. The Hall–Kier alpha value is -4.05. The Bertz CT molecular complexity index is 1350. The summed E-state index contributed by atoms with van der Waals surface area (Å²) >= 11 is 1.38. The van der Waals surface area contributed by atoms with Crippen LogP contribution in [0, 0.1) is 15.5 Å². The number of nitro groups is 1. The number of nitrogens with zero attached hydrogens (tertiary/aromatic N) is 4. The molecular formula is C24H23N5O4S. The fraction of sp³-hybridized carbons (Fsp3) is 0.208. The Labute approximate surface area is 199 Å². The summed E-state index contributed by atoms with van der Waals surface area (Å²) in [6.07, 6.45) is 4.11. The highest BCUT2D eigenvalue weighted by Gasteiger charge is 2.32. The summed E-state index contributed by atoms with van der Waals surface area (Å²) in [5, 5.41) is 21.9. The van der Waals surface area contributed by atoms with Gasteiger partial charge >= 0.3 is 11.2 Å². The van der Waals surface area contributed by atoms with Crippen molar-refractivity contribution in [3.05, 3.63) is 91.4 Å². The Morgan fingerprint density at radius 3 is 2.53 bits per heavy atom. The molecule has 1 aliphatic heterocycles. The number of para-hydroxylation sites is 1. The van der Waals surface area contributed by atoms with Crippen molar-refractivity contribution in [3.8, 4) is 0 Å². The van der Waals surface area contributed by atoms with E-state index in [2.05, 4.69) is 6.58 Å². The van der Waals surface area contributed by atoms with E-state index in [0.717, 1.165) is 6.21 Å². The Morgan fingerprint density at radius 1 is 1.18 bits per heavy atom. The molecule has 0 bridgehead atoms. The number of fused-ring (bicyclic) bond motifs is 1. The standard InChI is InChI=1S/C24H23N5O4S/c1-2-17(9-10-25)16-28-19-7-4-3-6-18(19)21(22(24(28)31)29(32)33)26-11-13-27(14-12-26)23(30)20-8-5-15-34-20/h2-10,15,25H,1,11-14,16H2/b17-9+,25-10?. The van der Waals surface area contributed by atoms with Gasteiger partial charge in [0.25, 0.3) is 5.91 Å². The number of hydrogen-bond acceptors (Lipinski definition) is 7. The topological polar surface area (TPSA) is 113 Å². The number of aromatic nitrogens is 1. The van der Waals surface area contributed by atoms with E-state index < -0.39 is 16.2 Å². The van der Waals surface area contributed by atoms with Crippen LogP contribution in [0.25, 0.3) is 10.9 Å². The van der Waals surface area contributed by atoms with Crippen LogP contribution in [0.1, 0.15) is 9.67 Å². The molecule has 1 aliphatic rings. The predicted molar refractivity (Wildman–Crippen MR) is 134 cm³/mol. The highest BCUT2D eigenvalue weighted by molar-refractivity contribution is 7.12. The molecule has 1 aromatic carbocycles. The highest BCUT2D eigenvalue weighted by Crippen LogP contribution is 2.34. The molecule has 0 unspecified atom stereocenters. The molecular weight excluding hydrogens is 454 g/mol. The molecule has 0 spiro atoms. The molecule has 3 aromatic rings. The fourth-order valence-corrected chi connectivity index (χ4v) is 4.87. The molecule has 2 aromatic heterocycles. The second-order valence-corrected chi connectivity index (χ2v) is 8.68. The number of pyridine rings is 1. The van der Waals surface area contributed by atoms with E-state index in [1.807, 2.05) is 16.3 Å². The van der Waals surface area contributed by atoms with E-state index in [1.165, 1.54) is 28.1 Å². The van der Waals surface area contributed by atoms with Gasteiger partial charge in [-0.1, -0.05) is 36.9 Å². The van der Waals surface area contributed by atoms with Gasteiger partial charge in [0.15, 0.2) is 0 Å². The number of anilines is 1. The van der Waals surface area contributed by atoms with Crippen LogP contribution in [-0.2, 0) is 6.54 Å². The molecule has 4 rings (SSSR count). The fourth-order valence-electron chi connectivity index (χ4n) is 4.18. The van der Waals surface area contributed by atoms with Crippen LogP contribution < -0.4 is 10.5 Å². The Balaban J connectivity index is 1.76. The maximum atomic E-state index is 13.4. The zero-order valence-corrected chi connectivity index (χ0v) is 19.2. The third-order valence-electron chi connectivity index (χ3n) is 5.82. The Morgan fingerprint density at radius 2 is 1.91 bits per heavy atom. The molecule has 34 heavy (non-hydrogen) atoms. The van der Waals surface area contributed by atoms with Crippen LogP contribution in [0.5, 0.6) is 0 Å². The van der Waals surface area contributed by atoms with Crippen LogP contribution in [0.2, 0.25) is 0 Å². The van der Waals surface area contributed by atoms with E-state index in [1.54, 1.807) is 35.2 Å². The summed E-state index contributed by atoms with van der Waals surface area (Å²) in [7, 11) is 0. The summed E-state index contributed by atoms with van der Waals surface area (Å²) in [4.78, 5) is 41.8. The number of hydrogen-bond donors (Lipinski definition) is 1. The minimum absolute atomic E-state index is 0.0561. The second kappa shape index (κ2) is 9.84. The van der Waals surface area contributed by atoms with Gasteiger partial charge in [-0.2, -0.15) is 0 Å². The summed E-state index contributed by atoms with van der Waals surface area (Å²) in [5.41, 5.74) is 0.220. The predicted octanol–water partition coefficient (Wildman–Crippen LogP) is 3.70. The number of thiophene rings is 1. The highest BCUT2D eigenvalue weighted by atomic mass is 32.1. The van der Waals surface area contributed by atoms with Gasteiger partial charge in [0.2, 0.25) is 0 Å². The Kier molecular flexibility index (Phi) is 6.69. The molecule has 1 saturated heterocycles. The number of benzene rings is 1. The molecule has 0 atom stereocenters. The number of carbonyl (C=O) groups is 1. The lowest BCUT2D eigenvalue weighted by Gasteiger charge is -2.36. The third kappa shape index (κ3) is 4.27. The maximum absolute atomic E-state index is 13.4. The van der Waals surface area contributed by atoms with Crippen LogP contribution in [0.15, 0.2) is 70.9 Å². The first-order valence-corrected chi connectivity index (χ1v) is 11.5.